The molecule has 2 N–H and O–H groups in total. The normalized spacial score (nSPS) is 38.2. The van der Waals surface area contributed by atoms with Gasteiger partial charge in [0, 0.05) is 5.38 Å². The Kier molecular flexibility index (Phi) is 2.15. The van der Waals surface area contributed by atoms with Crippen LogP contribution in [0.2, 0.25) is 0 Å². The van der Waals surface area contributed by atoms with Crippen molar-refractivity contribution < 1.29 is 0 Å². The fourth-order valence-corrected chi connectivity index (χ4v) is 1.64. The van der Waals surface area contributed by atoms with Crippen LogP contribution in [0.3, 0.4) is 0 Å². The van der Waals surface area contributed by atoms with Crippen molar-refractivity contribution in [1.29, 1.82) is 0 Å². The third kappa shape index (κ3) is 1.15. The van der Waals surface area contributed by atoms with Gasteiger partial charge in [0.05, 0.1) is 0 Å². The lowest BCUT2D eigenvalue weighted by molar-refractivity contribution is 0.568. The molecule has 1 rings (SSSR count). The lowest BCUT2D eigenvalue weighted by Crippen LogP contribution is -2.18. The van der Waals surface area contributed by atoms with Crippen LogP contribution in [-0.4, -0.2) is 11.9 Å². The smallest absolute Gasteiger partial charge is 0.0376 e. The Hall–Kier alpha value is 0.250. The van der Waals surface area contributed by atoms with Crippen LogP contribution in [0.1, 0.15) is 19.3 Å². The molecule has 0 amide bonds. The quantitative estimate of drug-likeness (QED) is 0.537. The number of hydrogen-bond donors (Lipinski definition) is 1. The van der Waals surface area contributed by atoms with Gasteiger partial charge < -0.3 is 5.73 Å². The number of hydrogen-bond acceptors (Lipinski definition) is 1. The molecule has 0 bridgehead atoms. The molecule has 1 nitrogen and oxygen atoms in total. The maximum Gasteiger partial charge on any atom is 0.0376 e. The highest BCUT2D eigenvalue weighted by Crippen LogP contribution is 2.28. The molecule has 1 aliphatic rings. The summed E-state index contributed by atoms with van der Waals surface area (Å²) in [6, 6.07) is 0. The maximum atomic E-state index is 5.90. The van der Waals surface area contributed by atoms with E-state index in [1.807, 2.05) is 0 Å². The van der Waals surface area contributed by atoms with Gasteiger partial charge in [-0.1, -0.05) is 6.42 Å². The first-order chi connectivity index (χ1) is 3.84. The molecular weight excluding hydrogens is 122 g/mol. The first-order valence-electron chi connectivity index (χ1n) is 3.18. The van der Waals surface area contributed by atoms with Crippen LogP contribution in [0, 0.1) is 5.92 Å². The first kappa shape index (κ1) is 6.37. The van der Waals surface area contributed by atoms with E-state index >= 15 is 0 Å². The molecule has 1 fully saturated rings. The van der Waals surface area contributed by atoms with E-state index < -0.39 is 0 Å². The molecule has 48 valence electrons. The zero-order valence-electron chi connectivity index (χ0n) is 4.94. The zero-order chi connectivity index (χ0) is 5.98. The van der Waals surface area contributed by atoms with Gasteiger partial charge in [0.2, 0.25) is 0 Å². The Balaban J connectivity index is 2.30. The van der Waals surface area contributed by atoms with Crippen LogP contribution >= 0.6 is 11.6 Å². The minimum atomic E-state index is 0.375. The van der Waals surface area contributed by atoms with E-state index in [2.05, 4.69) is 0 Å². The van der Waals surface area contributed by atoms with Gasteiger partial charge in [-0.15, -0.1) is 11.6 Å². The second kappa shape index (κ2) is 2.70. The molecule has 1 saturated carbocycles. The van der Waals surface area contributed by atoms with Crippen LogP contribution in [0.15, 0.2) is 0 Å². The minimum Gasteiger partial charge on any atom is -0.330 e. The van der Waals surface area contributed by atoms with Gasteiger partial charge in [-0.2, -0.15) is 0 Å². The van der Waals surface area contributed by atoms with Crippen LogP contribution in [-0.2, 0) is 0 Å². The lowest BCUT2D eigenvalue weighted by Gasteiger charge is -2.07. The molecule has 2 atom stereocenters. The van der Waals surface area contributed by atoms with Gasteiger partial charge in [-0.3, -0.25) is 0 Å². The van der Waals surface area contributed by atoms with Gasteiger partial charge in [-0.25, -0.2) is 0 Å². The number of halogens is 1. The first-order valence-corrected chi connectivity index (χ1v) is 3.62. The molecule has 0 aromatic rings. The predicted octanol–water partition coefficient (Wildman–Crippen LogP) is 1.35. The number of nitrogens with two attached hydrogens (primary N) is 1. The fraction of sp³-hybridized carbons (Fsp3) is 1.00. The Morgan fingerprint density at radius 2 is 2.25 bits per heavy atom. The van der Waals surface area contributed by atoms with E-state index in [1.54, 1.807) is 0 Å². The van der Waals surface area contributed by atoms with E-state index in [0.717, 1.165) is 6.54 Å². The van der Waals surface area contributed by atoms with Gasteiger partial charge >= 0.3 is 0 Å². The molecule has 0 radical (unpaired) electrons. The van der Waals surface area contributed by atoms with Crippen molar-refractivity contribution in [2.24, 2.45) is 11.7 Å². The van der Waals surface area contributed by atoms with E-state index in [0.29, 0.717) is 11.3 Å². The van der Waals surface area contributed by atoms with Crippen LogP contribution in [0.25, 0.3) is 0 Å². The molecule has 0 aliphatic heterocycles. The van der Waals surface area contributed by atoms with Crippen molar-refractivity contribution in [2.45, 2.75) is 24.6 Å². The fourth-order valence-electron chi connectivity index (χ4n) is 1.26. The molecule has 8 heavy (non-hydrogen) atoms. The second-order valence-electron chi connectivity index (χ2n) is 2.44. The van der Waals surface area contributed by atoms with Crippen LogP contribution in [0.4, 0.5) is 0 Å². The summed E-state index contributed by atoms with van der Waals surface area (Å²) in [5.74, 6) is 0.608. The predicted molar refractivity (Wildman–Crippen MR) is 36.0 cm³/mol. The largest absolute Gasteiger partial charge is 0.330 e. The Morgan fingerprint density at radius 3 is 2.50 bits per heavy atom. The van der Waals surface area contributed by atoms with Gasteiger partial charge in [-0.05, 0) is 25.3 Å². The third-order valence-corrected chi connectivity index (χ3v) is 2.44. The Labute approximate surface area is 55.2 Å². The lowest BCUT2D eigenvalue weighted by atomic mass is 10.1. The summed E-state index contributed by atoms with van der Waals surface area (Å²) in [5.41, 5.74) is 5.44. The van der Waals surface area contributed by atoms with E-state index in [-0.39, 0.29) is 0 Å². The van der Waals surface area contributed by atoms with Crippen molar-refractivity contribution in [3.63, 3.8) is 0 Å². The van der Waals surface area contributed by atoms with E-state index in [9.17, 15) is 0 Å². The molecule has 1 aliphatic carbocycles. The summed E-state index contributed by atoms with van der Waals surface area (Å²) in [5, 5.41) is 0.375. The summed E-state index contributed by atoms with van der Waals surface area (Å²) >= 11 is 5.90. The van der Waals surface area contributed by atoms with Crippen LogP contribution < -0.4 is 5.73 Å². The van der Waals surface area contributed by atoms with E-state index in [1.165, 1.54) is 19.3 Å². The van der Waals surface area contributed by atoms with Crippen molar-refractivity contribution in [3.8, 4) is 0 Å². The monoisotopic (exact) mass is 133 g/mol. The summed E-state index contributed by atoms with van der Waals surface area (Å²) < 4.78 is 0. The topological polar surface area (TPSA) is 26.0 Å². The van der Waals surface area contributed by atoms with Gasteiger partial charge in [0.25, 0.3) is 0 Å². The van der Waals surface area contributed by atoms with Crippen molar-refractivity contribution in [3.05, 3.63) is 0 Å². The molecular formula is C6H12ClN. The zero-order valence-corrected chi connectivity index (χ0v) is 5.69. The van der Waals surface area contributed by atoms with E-state index in [4.69, 9.17) is 17.3 Å². The molecule has 0 saturated heterocycles. The maximum absolute atomic E-state index is 5.90. The summed E-state index contributed by atoms with van der Waals surface area (Å²) in [4.78, 5) is 0. The molecule has 2 unspecified atom stereocenters. The highest BCUT2D eigenvalue weighted by Gasteiger charge is 2.23. The van der Waals surface area contributed by atoms with Gasteiger partial charge in [0.15, 0.2) is 0 Å². The van der Waals surface area contributed by atoms with Gasteiger partial charge in [0.1, 0.15) is 0 Å². The Bertz CT molecular complexity index is 74.9. The molecule has 0 heterocycles. The van der Waals surface area contributed by atoms with Crippen molar-refractivity contribution in [2.75, 3.05) is 6.54 Å². The molecule has 2 heteroatoms. The third-order valence-electron chi connectivity index (χ3n) is 1.87. The molecule has 0 aromatic heterocycles. The Morgan fingerprint density at radius 1 is 1.50 bits per heavy atom. The standard InChI is InChI=1S/C6H12ClN/c7-6-3-1-2-5(6)4-8/h5-6H,1-4,8H2. The SMILES string of the molecule is NCC1CCCC1Cl. The second-order valence-corrected chi connectivity index (χ2v) is 3.00. The summed E-state index contributed by atoms with van der Waals surface area (Å²) in [6.45, 7) is 0.772. The van der Waals surface area contributed by atoms with Crippen molar-refractivity contribution in [1.82, 2.24) is 0 Å². The average Bonchev–Trinajstić information content (AvgIpc) is 2.14. The number of alkyl halides is 1. The highest BCUT2D eigenvalue weighted by atomic mass is 35.5. The molecule has 0 aromatic carbocycles. The van der Waals surface area contributed by atoms with Crippen LogP contribution in [0.5, 0.6) is 0 Å². The summed E-state index contributed by atoms with van der Waals surface area (Å²) in [7, 11) is 0. The molecule has 0 spiro atoms. The van der Waals surface area contributed by atoms with Crippen molar-refractivity contribution >= 4 is 11.6 Å². The average molecular weight is 134 g/mol. The minimum absolute atomic E-state index is 0.375. The summed E-state index contributed by atoms with van der Waals surface area (Å²) in [6.07, 6.45) is 3.68. The number of rotatable bonds is 1. The highest BCUT2D eigenvalue weighted by molar-refractivity contribution is 6.20.